The number of aryl methyl sites for hydroxylation is 1. The fourth-order valence-corrected chi connectivity index (χ4v) is 2.36. The maximum atomic E-state index is 5.42. The Morgan fingerprint density at radius 2 is 2.13 bits per heavy atom. The number of methoxy groups -OCH3 is 1. The zero-order valence-electron chi connectivity index (χ0n) is 9.28. The van der Waals surface area contributed by atoms with E-state index in [-0.39, 0.29) is 5.60 Å². The lowest BCUT2D eigenvalue weighted by Gasteiger charge is -2.18. The summed E-state index contributed by atoms with van der Waals surface area (Å²) in [6, 6.07) is 0. The minimum absolute atomic E-state index is 0.299. The summed E-state index contributed by atoms with van der Waals surface area (Å²) < 4.78 is 5.42. The first-order valence-electron chi connectivity index (χ1n) is 5.10. The molecule has 1 aliphatic rings. The van der Waals surface area contributed by atoms with Crippen LogP contribution < -0.4 is 0 Å². The molecule has 2 rings (SSSR count). The Labute approximate surface area is 94.3 Å². The van der Waals surface area contributed by atoms with Crippen molar-refractivity contribution in [3.05, 3.63) is 27.7 Å². The van der Waals surface area contributed by atoms with Gasteiger partial charge in [0.25, 0.3) is 0 Å². The topological polar surface area (TPSA) is 22.1 Å². The summed E-state index contributed by atoms with van der Waals surface area (Å²) in [4.78, 5) is 5.78. The van der Waals surface area contributed by atoms with Gasteiger partial charge in [-0.3, -0.25) is 0 Å². The molecule has 2 nitrogen and oxygen atoms in total. The van der Waals surface area contributed by atoms with Crippen molar-refractivity contribution in [1.29, 1.82) is 0 Å². The molecule has 0 aromatic carbocycles. The van der Waals surface area contributed by atoms with Gasteiger partial charge in [0.1, 0.15) is 5.60 Å². The standard InChI is InChI=1S/C12H15NOS/c1-4-11-13-9-5-7-12(2,14-3)8-6-10(9)15-11/h5-8H,4H2,1-3H3. The van der Waals surface area contributed by atoms with Gasteiger partial charge in [-0.05, 0) is 37.6 Å². The van der Waals surface area contributed by atoms with Crippen molar-refractivity contribution < 1.29 is 4.74 Å². The predicted molar refractivity (Wildman–Crippen MR) is 65.0 cm³/mol. The molecule has 1 aromatic heterocycles. The molecular weight excluding hydrogens is 206 g/mol. The van der Waals surface area contributed by atoms with Gasteiger partial charge in [0.2, 0.25) is 0 Å². The highest BCUT2D eigenvalue weighted by atomic mass is 32.1. The Balaban J connectivity index is 2.39. The van der Waals surface area contributed by atoms with Crippen molar-refractivity contribution >= 4 is 23.5 Å². The molecule has 80 valence electrons. The average Bonchev–Trinajstić information content (AvgIpc) is 2.60. The van der Waals surface area contributed by atoms with E-state index >= 15 is 0 Å². The Morgan fingerprint density at radius 3 is 2.80 bits per heavy atom. The lowest BCUT2D eigenvalue weighted by molar-refractivity contribution is 0.0922. The molecular formula is C12H15NOS. The highest BCUT2D eigenvalue weighted by molar-refractivity contribution is 7.12. The van der Waals surface area contributed by atoms with Gasteiger partial charge in [0.05, 0.1) is 15.6 Å². The summed E-state index contributed by atoms with van der Waals surface area (Å²) in [5.74, 6) is 0. The van der Waals surface area contributed by atoms with Gasteiger partial charge in [-0.25, -0.2) is 4.98 Å². The monoisotopic (exact) mass is 221 g/mol. The molecule has 3 heteroatoms. The van der Waals surface area contributed by atoms with E-state index in [0.717, 1.165) is 12.1 Å². The molecule has 0 fully saturated rings. The number of hydrogen-bond donors (Lipinski definition) is 0. The summed E-state index contributed by atoms with van der Waals surface area (Å²) in [5, 5.41) is 1.19. The summed E-state index contributed by atoms with van der Waals surface area (Å²) in [5.41, 5.74) is 0.765. The molecule has 0 saturated heterocycles. The first-order chi connectivity index (χ1) is 7.17. The van der Waals surface area contributed by atoms with Crippen LogP contribution >= 0.6 is 11.3 Å². The van der Waals surface area contributed by atoms with Crippen molar-refractivity contribution in [2.45, 2.75) is 25.9 Å². The van der Waals surface area contributed by atoms with E-state index in [1.807, 2.05) is 6.92 Å². The third-order valence-electron chi connectivity index (χ3n) is 2.61. The SMILES string of the molecule is CCc1nc2c(s1)C=CC(C)(OC)C=C2. The number of thiazole rings is 1. The summed E-state index contributed by atoms with van der Waals surface area (Å²) in [6.07, 6.45) is 9.28. The van der Waals surface area contributed by atoms with Gasteiger partial charge in [-0.1, -0.05) is 6.92 Å². The molecule has 1 unspecified atom stereocenters. The van der Waals surface area contributed by atoms with Gasteiger partial charge in [0.15, 0.2) is 0 Å². The molecule has 0 spiro atoms. The second kappa shape index (κ2) is 3.91. The number of aromatic nitrogens is 1. The Kier molecular flexibility index (Phi) is 2.76. The van der Waals surface area contributed by atoms with Crippen LogP contribution in [0.2, 0.25) is 0 Å². The number of rotatable bonds is 2. The zero-order chi connectivity index (χ0) is 10.9. The Hall–Kier alpha value is -0.930. The largest absolute Gasteiger partial charge is 0.370 e. The molecule has 0 N–H and O–H groups in total. The van der Waals surface area contributed by atoms with Gasteiger partial charge in [0, 0.05) is 7.11 Å². The molecule has 1 heterocycles. The van der Waals surface area contributed by atoms with Crippen LogP contribution in [-0.4, -0.2) is 17.7 Å². The fraction of sp³-hybridized carbons (Fsp3) is 0.417. The highest BCUT2D eigenvalue weighted by Gasteiger charge is 2.19. The second-order valence-electron chi connectivity index (χ2n) is 3.77. The Morgan fingerprint density at radius 1 is 1.40 bits per heavy atom. The highest BCUT2D eigenvalue weighted by Crippen LogP contribution is 2.28. The molecule has 1 atom stereocenters. The van der Waals surface area contributed by atoms with Gasteiger partial charge < -0.3 is 4.74 Å². The van der Waals surface area contributed by atoms with Crippen molar-refractivity contribution in [3.8, 4) is 0 Å². The first kappa shape index (κ1) is 10.6. The Bertz CT molecular complexity index is 386. The molecule has 15 heavy (non-hydrogen) atoms. The normalized spacial score (nSPS) is 23.9. The van der Waals surface area contributed by atoms with Crippen molar-refractivity contribution in [2.75, 3.05) is 7.11 Å². The van der Waals surface area contributed by atoms with E-state index in [1.165, 1.54) is 9.88 Å². The van der Waals surface area contributed by atoms with Crippen LogP contribution in [0, 0.1) is 0 Å². The number of hydrogen-bond acceptors (Lipinski definition) is 3. The maximum Gasteiger partial charge on any atom is 0.102 e. The van der Waals surface area contributed by atoms with Crippen LogP contribution in [0.5, 0.6) is 0 Å². The first-order valence-corrected chi connectivity index (χ1v) is 5.92. The van der Waals surface area contributed by atoms with Gasteiger partial charge in [-0.2, -0.15) is 0 Å². The van der Waals surface area contributed by atoms with Crippen LogP contribution in [-0.2, 0) is 11.2 Å². The molecule has 1 aromatic rings. The lowest BCUT2D eigenvalue weighted by atomic mass is 10.1. The maximum absolute atomic E-state index is 5.42. The minimum Gasteiger partial charge on any atom is -0.370 e. The van der Waals surface area contributed by atoms with E-state index in [4.69, 9.17) is 4.74 Å². The molecule has 1 aliphatic carbocycles. The van der Waals surface area contributed by atoms with Crippen molar-refractivity contribution in [2.24, 2.45) is 0 Å². The van der Waals surface area contributed by atoms with Crippen LogP contribution in [0.25, 0.3) is 12.2 Å². The molecule has 0 bridgehead atoms. The van der Waals surface area contributed by atoms with Crippen LogP contribution in [0.4, 0.5) is 0 Å². The summed E-state index contributed by atoms with van der Waals surface area (Å²) >= 11 is 1.76. The molecule has 0 radical (unpaired) electrons. The molecule has 0 amide bonds. The summed E-state index contributed by atoms with van der Waals surface area (Å²) in [7, 11) is 1.72. The summed E-state index contributed by atoms with van der Waals surface area (Å²) in [6.45, 7) is 4.17. The third-order valence-corrected chi connectivity index (χ3v) is 3.79. The fourth-order valence-electron chi connectivity index (χ4n) is 1.46. The second-order valence-corrected chi connectivity index (χ2v) is 4.88. The number of ether oxygens (including phenoxy) is 1. The minimum atomic E-state index is -0.299. The number of fused-ring (bicyclic) bond motifs is 1. The van der Waals surface area contributed by atoms with Gasteiger partial charge >= 0.3 is 0 Å². The van der Waals surface area contributed by atoms with Gasteiger partial charge in [-0.15, -0.1) is 11.3 Å². The van der Waals surface area contributed by atoms with Crippen LogP contribution in [0.3, 0.4) is 0 Å². The van der Waals surface area contributed by atoms with E-state index in [1.54, 1.807) is 18.4 Å². The molecule has 0 saturated carbocycles. The van der Waals surface area contributed by atoms with Crippen LogP contribution in [0.1, 0.15) is 29.4 Å². The predicted octanol–water partition coefficient (Wildman–Crippen LogP) is 3.15. The number of nitrogens with zero attached hydrogens (tertiary/aromatic N) is 1. The van der Waals surface area contributed by atoms with E-state index < -0.39 is 0 Å². The van der Waals surface area contributed by atoms with Crippen molar-refractivity contribution in [3.63, 3.8) is 0 Å². The zero-order valence-corrected chi connectivity index (χ0v) is 10.1. The van der Waals surface area contributed by atoms with E-state index in [2.05, 4.69) is 36.2 Å². The van der Waals surface area contributed by atoms with E-state index in [9.17, 15) is 0 Å². The van der Waals surface area contributed by atoms with Crippen LogP contribution in [0.15, 0.2) is 12.2 Å². The average molecular weight is 221 g/mol. The smallest absolute Gasteiger partial charge is 0.102 e. The van der Waals surface area contributed by atoms with E-state index in [0.29, 0.717) is 0 Å². The van der Waals surface area contributed by atoms with Crippen molar-refractivity contribution in [1.82, 2.24) is 4.98 Å². The quantitative estimate of drug-likeness (QED) is 0.765. The third kappa shape index (κ3) is 2.03. The molecule has 0 aliphatic heterocycles. The lowest BCUT2D eigenvalue weighted by Crippen LogP contribution is -2.19.